The van der Waals surface area contributed by atoms with Crippen LogP contribution in [0.15, 0.2) is 83.5 Å². The van der Waals surface area contributed by atoms with Gasteiger partial charge in [0.05, 0.1) is 54.3 Å². The first-order valence-corrected chi connectivity index (χ1v) is 28.4. The summed E-state index contributed by atoms with van der Waals surface area (Å²) >= 11 is 0. The number of amides is 2. The molecule has 2 amide bonds. The number of fused-ring (bicyclic) bond motifs is 2. The van der Waals surface area contributed by atoms with Gasteiger partial charge in [-0.05, 0) is 120 Å². The number of nitrogens with zero attached hydrogens (tertiary/aromatic N) is 10. The molecule has 6 aliphatic rings. The summed E-state index contributed by atoms with van der Waals surface area (Å²) in [5.41, 5.74) is 11.1. The summed E-state index contributed by atoms with van der Waals surface area (Å²) in [6.45, 7) is 13.5. The number of anilines is 4. The van der Waals surface area contributed by atoms with Gasteiger partial charge in [0.2, 0.25) is 17.7 Å². The molecule has 1 saturated carbocycles. The minimum Gasteiger partial charge on any atom is -0.507 e. The number of aromatic nitrogens is 4. The number of nitrogens with two attached hydrogens (primary N) is 1. The van der Waals surface area contributed by atoms with Crippen molar-refractivity contribution in [3.8, 4) is 29.0 Å². The number of aliphatic hydroxyl groups excluding tert-OH is 1. The molecule has 0 radical (unpaired) electrons. The Morgan fingerprint density at radius 3 is 2.28 bits per heavy atom. The SMILES string of the molecule is CC(NC(=O)C1CCCN1C(=O)Cc1cc(N2CCC(OCCN3CCC(O)CC3)CC2)no1)c1ccc(C#N)cc1.CCC.Nc1nnc(-c2ccccc2O)cc1N1CC2CCC(C1)N2c1ccnc(OC2CCC2)c1. The highest BCUT2D eigenvalue weighted by Crippen LogP contribution is 2.40. The van der Waals surface area contributed by atoms with Crippen molar-refractivity contribution in [2.45, 2.75) is 147 Å². The number of nitriles is 1. The van der Waals surface area contributed by atoms with E-state index in [9.17, 15) is 19.8 Å². The zero-order valence-corrected chi connectivity index (χ0v) is 45.6. The van der Waals surface area contributed by atoms with Crippen LogP contribution in [0, 0.1) is 11.3 Å². The Balaban J connectivity index is 0.000000185. The molecular formula is C59H78N12O7. The summed E-state index contributed by atoms with van der Waals surface area (Å²) < 4.78 is 17.7. The van der Waals surface area contributed by atoms with E-state index in [0.717, 1.165) is 127 Å². The van der Waals surface area contributed by atoms with Crippen molar-refractivity contribution in [3.63, 3.8) is 0 Å². The van der Waals surface area contributed by atoms with Crippen molar-refractivity contribution in [2.75, 3.05) is 79.4 Å². The van der Waals surface area contributed by atoms with E-state index in [1.54, 1.807) is 29.2 Å². The van der Waals surface area contributed by atoms with Gasteiger partial charge in [-0.2, -0.15) is 5.26 Å². The van der Waals surface area contributed by atoms with Gasteiger partial charge in [0.25, 0.3) is 0 Å². The smallest absolute Gasteiger partial charge is 0.243 e. The van der Waals surface area contributed by atoms with E-state index in [0.29, 0.717) is 66.2 Å². The first-order chi connectivity index (χ1) is 38.0. The predicted octanol–water partition coefficient (Wildman–Crippen LogP) is 7.43. The third-order valence-electron chi connectivity index (χ3n) is 15.9. The quantitative estimate of drug-likeness (QED) is 0.0798. The molecule has 5 saturated heterocycles. The fraction of sp³-hybridized carbons (Fsp3) is 0.542. The molecule has 4 atom stereocenters. The number of piperidine rings is 2. The number of carbonyl (C=O) groups excluding carboxylic acids is 2. The molecule has 0 spiro atoms. The molecule has 1 aliphatic carbocycles. The van der Waals surface area contributed by atoms with Crippen molar-refractivity contribution in [2.24, 2.45) is 0 Å². The predicted molar refractivity (Wildman–Crippen MR) is 299 cm³/mol. The number of hydrogen-bond acceptors (Lipinski definition) is 17. The topological polar surface area (TPSA) is 236 Å². The zero-order chi connectivity index (χ0) is 54.5. The first-order valence-electron chi connectivity index (χ1n) is 28.4. The number of ether oxygens (including phenoxy) is 2. The number of hydrogen-bond donors (Lipinski definition) is 4. The van der Waals surface area contributed by atoms with Gasteiger partial charge in [0, 0.05) is 94.0 Å². The third kappa shape index (κ3) is 14.0. The van der Waals surface area contributed by atoms with Gasteiger partial charge in [0.15, 0.2) is 11.6 Å². The van der Waals surface area contributed by atoms with Crippen LogP contribution in [0.3, 0.4) is 0 Å². The number of nitrogens with one attached hydrogen (secondary N) is 1. The van der Waals surface area contributed by atoms with Crippen molar-refractivity contribution in [3.05, 3.63) is 95.9 Å². The van der Waals surface area contributed by atoms with E-state index in [4.69, 9.17) is 25.0 Å². The molecule has 5 aliphatic heterocycles. The Labute approximate surface area is 458 Å². The molecule has 11 rings (SSSR count). The Kier molecular flexibility index (Phi) is 19.0. The Bertz CT molecular complexity index is 2770. The second-order valence-corrected chi connectivity index (χ2v) is 21.6. The van der Waals surface area contributed by atoms with Crippen molar-refractivity contribution >= 4 is 34.8 Å². The standard InChI is InChI=1S/C31H42N6O5.C25H28N6O2.C3H8/c1-22(24-6-4-23(21-32)5-7-24)33-31(40)28-3-2-12-37(28)30(39)20-27-19-29(34-42-27)36-15-10-26(11-16-36)41-18-17-35-13-8-25(38)9-14-35;26-25-22(13-21(28-29-25)20-6-1-2-7-23(20)32)30-14-17-8-9-18(15-30)31(17)16-10-11-27-24(12-16)33-19-4-3-5-19;1-3-2/h4-7,19,22,25-26,28,38H,2-3,8-18,20H2,1H3,(H,33,40);1-2,6-7,10-13,17-19,32H,3-5,8-9,14-15H2,(H2,26,29);3H2,1-2H3. The molecule has 19 heteroatoms. The fourth-order valence-corrected chi connectivity index (χ4v) is 11.4. The number of rotatable bonds is 15. The van der Waals surface area contributed by atoms with Gasteiger partial charge in [-0.15, -0.1) is 10.2 Å². The molecular weight excluding hydrogens is 989 g/mol. The maximum absolute atomic E-state index is 13.2. The molecule has 8 heterocycles. The number of benzene rings is 2. The normalized spacial score (nSPS) is 21.1. The van der Waals surface area contributed by atoms with Crippen molar-refractivity contribution in [1.82, 2.24) is 35.5 Å². The second-order valence-electron chi connectivity index (χ2n) is 21.6. The summed E-state index contributed by atoms with van der Waals surface area (Å²) in [5.74, 6) is 2.25. The molecule has 5 aromatic rings. The van der Waals surface area contributed by atoms with Gasteiger partial charge >= 0.3 is 0 Å². The number of pyridine rings is 1. The van der Waals surface area contributed by atoms with Crippen LogP contribution in [0.2, 0.25) is 0 Å². The molecule has 4 unspecified atom stereocenters. The average molecular weight is 1070 g/mol. The second kappa shape index (κ2) is 26.6. The Morgan fingerprint density at radius 2 is 1.59 bits per heavy atom. The number of nitrogen functional groups attached to an aromatic ring is 1. The van der Waals surface area contributed by atoms with Crippen molar-refractivity contribution in [1.29, 1.82) is 5.26 Å². The molecule has 2 bridgehead atoms. The lowest BCUT2D eigenvalue weighted by molar-refractivity contribution is -0.138. The van der Waals surface area contributed by atoms with Crippen molar-refractivity contribution < 1.29 is 33.8 Å². The van der Waals surface area contributed by atoms with E-state index < -0.39 is 6.04 Å². The third-order valence-corrected chi connectivity index (χ3v) is 15.9. The minimum atomic E-state index is -0.513. The van der Waals surface area contributed by atoms with Crippen LogP contribution < -0.4 is 30.5 Å². The van der Waals surface area contributed by atoms with Crippen LogP contribution in [0.5, 0.6) is 11.6 Å². The van der Waals surface area contributed by atoms with Crippen LogP contribution in [-0.2, 0) is 20.7 Å². The highest BCUT2D eigenvalue weighted by molar-refractivity contribution is 5.89. The largest absolute Gasteiger partial charge is 0.507 e. The number of carbonyl (C=O) groups is 2. The number of likely N-dealkylation sites (tertiary alicyclic amines) is 2. The number of phenolic OH excluding ortho intramolecular Hbond substituents is 1. The maximum atomic E-state index is 13.2. The van der Waals surface area contributed by atoms with Crippen LogP contribution in [0.1, 0.15) is 121 Å². The first kappa shape index (κ1) is 55.7. The zero-order valence-electron chi connectivity index (χ0n) is 45.6. The minimum absolute atomic E-state index is 0.0645. The average Bonchev–Trinajstić information content (AvgIpc) is 4.23. The summed E-state index contributed by atoms with van der Waals surface area (Å²) in [6.07, 6.45) is 14.2. The highest BCUT2D eigenvalue weighted by atomic mass is 16.5. The summed E-state index contributed by atoms with van der Waals surface area (Å²) in [4.78, 5) is 41.7. The number of aliphatic hydroxyl groups is 1. The number of aromatic hydroxyl groups is 1. The molecule has 5 N–H and O–H groups in total. The summed E-state index contributed by atoms with van der Waals surface area (Å²) in [6, 6.07) is 24.4. The lowest BCUT2D eigenvalue weighted by Gasteiger charge is -2.43. The lowest BCUT2D eigenvalue weighted by atomic mass is 9.96. The van der Waals surface area contributed by atoms with E-state index in [-0.39, 0.29) is 42.2 Å². The van der Waals surface area contributed by atoms with Gasteiger partial charge in [-0.1, -0.05) is 49.7 Å². The number of phenols is 1. The van der Waals surface area contributed by atoms with Crippen LogP contribution in [0.4, 0.5) is 23.0 Å². The molecule has 78 heavy (non-hydrogen) atoms. The Morgan fingerprint density at radius 1 is 0.859 bits per heavy atom. The van der Waals surface area contributed by atoms with Gasteiger partial charge in [-0.3, -0.25) is 9.59 Å². The number of para-hydroxylation sites is 1. The van der Waals surface area contributed by atoms with Crippen LogP contribution in [0.25, 0.3) is 11.3 Å². The molecule has 3 aromatic heterocycles. The fourth-order valence-electron chi connectivity index (χ4n) is 11.4. The number of piperazine rings is 1. The summed E-state index contributed by atoms with van der Waals surface area (Å²) in [5, 5.41) is 44.6. The monoisotopic (exact) mass is 1070 g/mol. The van der Waals surface area contributed by atoms with Crippen LogP contribution >= 0.6 is 0 Å². The molecule has 19 nitrogen and oxygen atoms in total. The highest BCUT2D eigenvalue weighted by Gasteiger charge is 2.41. The van der Waals surface area contributed by atoms with Crippen LogP contribution in [-0.4, -0.2) is 148 Å². The summed E-state index contributed by atoms with van der Waals surface area (Å²) in [7, 11) is 0. The van der Waals surface area contributed by atoms with E-state index >= 15 is 0 Å². The van der Waals surface area contributed by atoms with E-state index in [1.807, 2.05) is 49.5 Å². The Hall–Kier alpha value is -7.01. The molecule has 416 valence electrons. The van der Waals surface area contributed by atoms with E-state index in [1.165, 1.54) is 18.5 Å². The van der Waals surface area contributed by atoms with Gasteiger partial charge in [-0.25, -0.2) is 4.98 Å². The van der Waals surface area contributed by atoms with Gasteiger partial charge in [0.1, 0.15) is 23.7 Å². The molecule has 2 aromatic carbocycles. The van der Waals surface area contributed by atoms with E-state index in [2.05, 4.69) is 77.3 Å². The lowest BCUT2D eigenvalue weighted by Crippen LogP contribution is -2.54. The molecule has 6 fully saturated rings. The van der Waals surface area contributed by atoms with Gasteiger partial charge < -0.3 is 59.8 Å². The maximum Gasteiger partial charge on any atom is 0.243 e.